The number of hydrogen-bond donors (Lipinski definition) is 2. The van der Waals surface area contributed by atoms with E-state index in [2.05, 4.69) is 70.7 Å². The molecule has 4 aromatic carbocycles. The highest BCUT2D eigenvalue weighted by Crippen LogP contribution is 2.28. The quantitative estimate of drug-likeness (QED) is 0.173. The van der Waals surface area contributed by atoms with Crippen LogP contribution < -0.4 is 29.9 Å². The predicted octanol–water partition coefficient (Wildman–Crippen LogP) is 8.11. The van der Waals surface area contributed by atoms with Crippen LogP contribution in [0.25, 0.3) is 0 Å². The lowest BCUT2D eigenvalue weighted by molar-refractivity contribution is 0.482. The highest BCUT2D eigenvalue weighted by molar-refractivity contribution is 5.52. The van der Waals surface area contributed by atoms with Crippen LogP contribution in [0.2, 0.25) is 0 Å². The molecule has 0 amide bonds. The van der Waals surface area contributed by atoms with Crippen LogP contribution in [0.4, 0.5) is 11.4 Å². The van der Waals surface area contributed by atoms with Crippen LogP contribution in [-0.2, 0) is 0 Å². The fraction of sp³-hybridized carbons (Fsp3) is 0.368. The molecule has 44 heavy (non-hydrogen) atoms. The standard InChI is InChI=1S/2C19H24N2O/c2*1-2-21(15-16-8-7-13-20-16)17-9-6-12-19(14-17)22-18-10-4-3-5-11-18/h2*3-6,9-12,14,16,20H,2,7-8,13,15H2,1H3/t2*16-/m10/s1. The first-order chi connectivity index (χ1) is 21.7. The van der Waals surface area contributed by atoms with Crippen LogP contribution in [0.1, 0.15) is 39.5 Å². The summed E-state index contributed by atoms with van der Waals surface area (Å²) >= 11 is 0. The van der Waals surface area contributed by atoms with Crippen molar-refractivity contribution in [3.8, 4) is 23.0 Å². The molecule has 6 rings (SSSR count). The van der Waals surface area contributed by atoms with Gasteiger partial charge in [0.25, 0.3) is 0 Å². The van der Waals surface area contributed by atoms with Crippen molar-refractivity contribution < 1.29 is 9.47 Å². The van der Waals surface area contributed by atoms with Gasteiger partial charge >= 0.3 is 0 Å². The van der Waals surface area contributed by atoms with E-state index in [1.54, 1.807) is 0 Å². The molecule has 0 radical (unpaired) electrons. The number of ether oxygens (including phenoxy) is 2. The second-order valence-electron chi connectivity index (χ2n) is 11.5. The zero-order chi connectivity index (χ0) is 30.4. The molecule has 2 fully saturated rings. The van der Waals surface area contributed by atoms with Gasteiger partial charge in [0.2, 0.25) is 0 Å². The van der Waals surface area contributed by atoms with E-state index in [1.807, 2.05) is 72.8 Å². The Hall–Kier alpha value is -4.00. The molecular weight excluding hydrogens is 544 g/mol. The SMILES string of the molecule is CCN(C[C@@H]1CCCN1)c1cccc(Oc2ccccc2)c1.CCN(C[C@H]1CCCN1)c1cccc(Oc2ccccc2)c1. The maximum atomic E-state index is 5.94. The first kappa shape index (κ1) is 31.4. The second-order valence-corrected chi connectivity index (χ2v) is 11.5. The summed E-state index contributed by atoms with van der Waals surface area (Å²) in [7, 11) is 0. The van der Waals surface area contributed by atoms with Crippen molar-refractivity contribution in [3.63, 3.8) is 0 Å². The van der Waals surface area contributed by atoms with E-state index in [4.69, 9.17) is 9.47 Å². The third-order valence-electron chi connectivity index (χ3n) is 8.29. The number of nitrogens with zero attached hydrogens (tertiary/aromatic N) is 2. The minimum absolute atomic E-state index is 0.610. The topological polar surface area (TPSA) is 49.0 Å². The van der Waals surface area contributed by atoms with Gasteiger partial charge in [0.05, 0.1) is 0 Å². The number of anilines is 2. The fourth-order valence-electron chi connectivity index (χ4n) is 5.93. The minimum atomic E-state index is 0.610. The lowest BCUT2D eigenvalue weighted by atomic mass is 10.2. The molecule has 0 saturated carbocycles. The zero-order valence-corrected chi connectivity index (χ0v) is 26.3. The van der Waals surface area contributed by atoms with Crippen molar-refractivity contribution in [2.75, 3.05) is 49.1 Å². The number of hydrogen-bond acceptors (Lipinski definition) is 6. The summed E-state index contributed by atoms with van der Waals surface area (Å²) in [5.74, 6) is 3.53. The second kappa shape index (κ2) is 16.7. The normalized spacial score (nSPS) is 17.4. The Morgan fingerprint density at radius 2 is 0.955 bits per heavy atom. The molecule has 0 aliphatic carbocycles. The van der Waals surface area contributed by atoms with E-state index in [1.165, 1.54) is 37.1 Å². The van der Waals surface area contributed by atoms with Gasteiger partial charge in [0, 0.05) is 61.8 Å². The zero-order valence-electron chi connectivity index (χ0n) is 26.3. The van der Waals surface area contributed by atoms with Crippen LogP contribution in [0.3, 0.4) is 0 Å². The molecule has 2 heterocycles. The molecule has 0 aromatic heterocycles. The largest absolute Gasteiger partial charge is 0.457 e. The molecular formula is C38H48N4O2. The van der Waals surface area contributed by atoms with Crippen molar-refractivity contribution in [2.24, 2.45) is 0 Å². The maximum Gasteiger partial charge on any atom is 0.129 e. The average molecular weight is 593 g/mol. The Bertz CT molecular complexity index is 1260. The molecule has 2 atom stereocenters. The van der Waals surface area contributed by atoms with Crippen LogP contribution in [0.15, 0.2) is 109 Å². The molecule has 4 aromatic rings. The number of para-hydroxylation sites is 2. The van der Waals surface area contributed by atoms with Gasteiger partial charge in [-0.05, 0) is 101 Å². The van der Waals surface area contributed by atoms with Gasteiger partial charge in [0.1, 0.15) is 23.0 Å². The van der Waals surface area contributed by atoms with Gasteiger partial charge < -0.3 is 29.9 Å². The fourth-order valence-corrected chi connectivity index (χ4v) is 5.93. The van der Waals surface area contributed by atoms with Crippen molar-refractivity contribution in [1.82, 2.24) is 10.6 Å². The van der Waals surface area contributed by atoms with Gasteiger partial charge in [-0.15, -0.1) is 0 Å². The number of likely N-dealkylation sites (N-methyl/N-ethyl adjacent to an activating group) is 2. The summed E-state index contributed by atoms with van der Waals surface area (Å²) in [6.07, 6.45) is 5.13. The summed E-state index contributed by atoms with van der Waals surface area (Å²) in [5, 5.41) is 7.15. The van der Waals surface area contributed by atoms with Crippen LogP contribution in [-0.4, -0.2) is 51.4 Å². The Morgan fingerprint density at radius 3 is 1.32 bits per heavy atom. The monoisotopic (exact) mass is 592 g/mol. The van der Waals surface area contributed by atoms with E-state index < -0.39 is 0 Å². The first-order valence-electron chi connectivity index (χ1n) is 16.3. The summed E-state index contributed by atoms with van der Waals surface area (Å²) in [4.78, 5) is 4.84. The predicted molar refractivity (Wildman–Crippen MR) is 184 cm³/mol. The number of nitrogens with one attached hydrogen (secondary N) is 2. The van der Waals surface area contributed by atoms with Crippen molar-refractivity contribution in [1.29, 1.82) is 0 Å². The molecule has 2 saturated heterocycles. The Balaban J connectivity index is 0.000000175. The summed E-state index contributed by atoms with van der Waals surface area (Å²) in [5.41, 5.74) is 2.45. The van der Waals surface area contributed by atoms with Gasteiger partial charge in [-0.2, -0.15) is 0 Å². The summed E-state index contributed by atoms with van der Waals surface area (Å²) in [6, 6.07) is 37.8. The third-order valence-corrected chi connectivity index (χ3v) is 8.29. The average Bonchev–Trinajstić information content (AvgIpc) is 3.79. The van der Waals surface area contributed by atoms with E-state index in [9.17, 15) is 0 Å². The van der Waals surface area contributed by atoms with Gasteiger partial charge in [0.15, 0.2) is 0 Å². The smallest absolute Gasteiger partial charge is 0.129 e. The molecule has 0 spiro atoms. The highest BCUT2D eigenvalue weighted by atomic mass is 16.5. The third kappa shape index (κ3) is 9.50. The molecule has 2 N–H and O–H groups in total. The molecule has 232 valence electrons. The van der Waals surface area contributed by atoms with Crippen LogP contribution in [0, 0.1) is 0 Å². The van der Waals surface area contributed by atoms with Gasteiger partial charge in [-0.25, -0.2) is 0 Å². The van der Waals surface area contributed by atoms with Gasteiger partial charge in [-0.3, -0.25) is 0 Å². The molecule has 0 unspecified atom stereocenters. The van der Waals surface area contributed by atoms with Crippen molar-refractivity contribution in [2.45, 2.75) is 51.6 Å². The van der Waals surface area contributed by atoms with E-state index in [-0.39, 0.29) is 0 Å². The minimum Gasteiger partial charge on any atom is -0.457 e. The van der Waals surface area contributed by atoms with Crippen molar-refractivity contribution >= 4 is 11.4 Å². The summed E-state index contributed by atoms with van der Waals surface area (Å²) in [6.45, 7) is 10.9. The number of benzene rings is 4. The molecule has 2 aliphatic rings. The van der Waals surface area contributed by atoms with Crippen molar-refractivity contribution in [3.05, 3.63) is 109 Å². The first-order valence-corrected chi connectivity index (χ1v) is 16.3. The molecule has 6 heteroatoms. The Morgan fingerprint density at radius 1 is 0.545 bits per heavy atom. The molecule has 6 nitrogen and oxygen atoms in total. The summed E-state index contributed by atoms with van der Waals surface area (Å²) < 4.78 is 11.9. The Kier molecular flexibility index (Phi) is 12.0. The molecule has 2 aliphatic heterocycles. The van der Waals surface area contributed by atoms with Gasteiger partial charge in [-0.1, -0.05) is 48.5 Å². The highest BCUT2D eigenvalue weighted by Gasteiger charge is 2.19. The molecule has 0 bridgehead atoms. The van der Waals surface area contributed by atoms with E-state index in [0.717, 1.165) is 62.3 Å². The van der Waals surface area contributed by atoms with E-state index >= 15 is 0 Å². The lowest BCUT2D eigenvalue weighted by Crippen LogP contribution is -2.37. The van der Waals surface area contributed by atoms with Crippen LogP contribution in [0.5, 0.6) is 23.0 Å². The van der Waals surface area contributed by atoms with Crippen LogP contribution >= 0.6 is 0 Å². The maximum absolute atomic E-state index is 5.94. The lowest BCUT2D eigenvalue weighted by Gasteiger charge is -2.27. The number of rotatable bonds is 12. The Labute approximate surface area is 264 Å². The van der Waals surface area contributed by atoms with E-state index in [0.29, 0.717) is 12.1 Å².